The van der Waals surface area contributed by atoms with E-state index in [-0.39, 0.29) is 42.2 Å². The molecule has 4 nitrogen and oxygen atoms in total. The lowest BCUT2D eigenvalue weighted by Crippen LogP contribution is -2.20. The van der Waals surface area contributed by atoms with E-state index in [0.717, 1.165) is 12.1 Å². The fraction of sp³-hybridized carbons (Fsp3) is 0.333. The zero-order valence-electron chi connectivity index (χ0n) is 17.8. The third kappa shape index (κ3) is 5.78. The Hall–Kier alpha value is -3.30. The number of nitrogens with zero attached hydrogens (tertiary/aromatic N) is 2. The van der Waals surface area contributed by atoms with Crippen molar-refractivity contribution in [3.8, 4) is 11.5 Å². The molecular formula is C24H20F6N2O2. The highest BCUT2D eigenvalue weighted by atomic mass is 19.4. The molecule has 10 heteroatoms. The predicted octanol–water partition coefficient (Wildman–Crippen LogP) is 6.45. The van der Waals surface area contributed by atoms with Gasteiger partial charge in [-0.05, 0) is 35.9 Å². The first kappa shape index (κ1) is 23.8. The van der Waals surface area contributed by atoms with Crippen molar-refractivity contribution in [3.05, 3.63) is 71.3 Å². The topological polar surface area (TPSA) is 43.2 Å². The van der Waals surface area contributed by atoms with Crippen LogP contribution in [0.4, 0.5) is 26.3 Å². The van der Waals surface area contributed by atoms with E-state index in [2.05, 4.69) is 16.6 Å². The minimum Gasteiger partial charge on any atom is -0.493 e. The van der Waals surface area contributed by atoms with Gasteiger partial charge in [0.25, 0.3) is 0 Å². The van der Waals surface area contributed by atoms with Crippen LogP contribution in [-0.4, -0.2) is 31.2 Å². The Morgan fingerprint density at radius 3 is 2.24 bits per heavy atom. The van der Waals surface area contributed by atoms with E-state index in [1.807, 2.05) is 0 Å². The number of halogens is 6. The molecule has 2 atom stereocenters. The lowest BCUT2D eigenvalue weighted by atomic mass is 10.0. The fourth-order valence-electron chi connectivity index (χ4n) is 3.54. The maximum absolute atomic E-state index is 13.5. The van der Waals surface area contributed by atoms with Crippen LogP contribution in [0.25, 0.3) is 0 Å². The summed E-state index contributed by atoms with van der Waals surface area (Å²) in [5.74, 6) is 0.0558. The minimum atomic E-state index is -4.56. The number of ether oxygens (including phenoxy) is 2. The quantitative estimate of drug-likeness (QED) is 0.289. The van der Waals surface area contributed by atoms with Gasteiger partial charge in [-0.3, -0.25) is 9.98 Å². The normalized spacial score (nSPS) is 17.7. The van der Waals surface area contributed by atoms with Crippen molar-refractivity contribution in [1.82, 2.24) is 0 Å². The highest BCUT2D eigenvalue weighted by Crippen LogP contribution is 2.40. The molecule has 2 aromatic carbocycles. The molecule has 2 aliphatic heterocycles. The van der Waals surface area contributed by atoms with Crippen LogP contribution in [0.3, 0.4) is 0 Å². The van der Waals surface area contributed by atoms with E-state index in [9.17, 15) is 26.3 Å². The van der Waals surface area contributed by atoms with Crippen LogP contribution in [0.2, 0.25) is 0 Å². The first-order chi connectivity index (χ1) is 16.1. The summed E-state index contributed by atoms with van der Waals surface area (Å²) in [7, 11) is 0. The van der Waals surface area contributed by atoms with Gasteiger partial charge in [0.15, 0.2) is 0 Å². The smallest absolute Gasteiger partial charge is 0.417 e. The molecule has 0 N–H and O–H groups in total. The van der Waals surface area contributed by atoms with Crippen LogP contribution in [0.5, 0.6) is 11.5 Å². The Bertz CT molecular complexity index is 1130. The first-order valence-corrected chi connectivity index (χ1v) is 10.5. The molecule has 4 rings (SSSR count). The van der Waals surface area contributed by atoms with Crippen molar-refractivity contribution < 1.29 is 35.8 Å². The molecule has 2 aromatic rings. The van der Waals surface area contributed by atoms with Gasteiger partial charge in [0.2, 0.25) is 0 Å². The molecule has 180 valence electrons. The lowest BCUT2D eigenvalue weighted by molar-refractivity contribution is -0.138. The van der Waals surface area contributed by atoms with Gasteiger partial charge in [-0.25, -0.2) is 0 Å². The standard InChI is InChI=1S/C24H20F6N2O2/c1-2-3-14(34-16-5-7-18(22-13-32-22)20(11-16)24(28,29)30)8-9-33-15-4-6-17(21-12-31-21)19(10-15)23(25,26)27/h2,4-7,10-12,14,21H,1,3,8-9,13H2. The first-order valence-electron chi connectivity index (χ1n) is 10.5. The molecule has 0 saturated carbocycles. The third-order valence-corrected chi connectivity index (χ3v) is 5.31. The summed E-state index contributed by atoms with van der Waals surface area (Å²) in [6.45, 7) is 3.91. The highest BCUT2D eigenvalue weighted by molar-refractivity contribution is 6.11. The van der Waals surface area contributed by atoms with Crippen LogP contribution < -0.4 is 9.47 Å². The number of alkyl halides is 6. The average Bonchev–Trinajstić information content (AvgIpc) is 3.66. The third-order valence-electron chi connectivity index (χ3n) is 5.31. The van der Waals surface area contributed by atoms with Crippen LogP contribution in [0, 0.1) is 0 Å². The summed E-state index contributed by atoms with van der Waals surface area (Å²) < 4.78 is 91.7. The zero-order chi connectivity index (χ0) is 24.5. The molecule has 0 aliphatic carbocycles. The molecule has 2 heterocycles. The van der Waals surface area contributed by atoms with E-state index < -0.39 is 35.6 Å². The molecule has 0 spiro atoms. The molecule has 0 bridgehead atoms. The van der Waals surface area contributed by atoms with Gasteiger partial charge in [-0.15, -0.1) is 6.58 Å². The van der Waals surface area contributed by atoms with Gasteiger partial charge < -0.3 is 9.47 Å². The average molecular weight is 482 g/mol. The van der Waals surface area contributed by atoms with Gasteiger partial charge in [0.1, 0.15) is 23.6 Å². The largest absolute Gasteiger partial charge is 0.493 e. The SMILES string of the molecule is C=CCC(CCOc1ccc(C2C=N2)c(C(F)(F)F)c1)Oc1ccc(C2=NC2)c(C(F)(F)F)c1. The second-order valence-corrected chi connectivity index (χ2v) is 7.86. The maximum Gasteiger partial charge on any atom is 0.417 e. The second-order valence-electron chi connectivity index (χ2n) is 7.86. The van der Waals surface area contributed by atoms with E-state index in [1.165, 1.54) is 30.5 Å². The van der Waals surface area contributed by atoms with Gasteiger partial charge >= 0.3 is 12.4 Å². The number of hydrogen-bond donors (Lipinski definition) is 0. The van der Waals surface area contributed by atoms with Crippen LogP contribution in [-0.2, 0) is 12.4 Å². The van der Waals surface area contributed by atoms with Crippen LogP contribution >= 0.6 is 0 Å². The zero-order valence-corrected chi connectivity index (χ0v) is 17.8. The Balaban J connectivity index is 1.42. The Kier molecular flexibility index (Phi) is 6.42. The predicted molar refractivity (Wildman–Crippen MR) is 115 cm³/mol. The van der Waals surface area contributed by atoms with Crippen molar-refractivity contribution in [3.63, 3.8) is 0 Å². The summed E-state index contributed by atoms with van der Waals surface area (Å²) in [5.41, 5.74) is -1.15. The minimum absolute atomic E-state index is 0.00387. The van der Waals surface area contributed by atoms with Gasteiger partial charge in [-0.1, -0.05) is 12.1 Å². The van der Waals surface area contributed by atoms with Crippen molar-refractivity contribution in [2.24, 2.45) is 9.98 Å². The highest BCUT2D eigenvalue weighted by Gasteiger charge is 2.38. The number of benzene rings is 2. The van der Waals surface area contributed by atoms with Crippen LogP contribution in [0.1, 0.15) is 41.1 Å². The maximum atomic E-state index is 13.5. The van der Waals surface area contributed by atoms with Gasteiger partial charge in [0, 0.05) is 24.6 Å². The van der Waals surface area contributed by atoms with E-state index in [1.54, 1.807) is 6.08 Å². The molecule has 0 fully saturated rings. The van der Waals surface area contributed by atoms with Gasteiger partial charge in [0.05, 0.1) is 30.0 Å². The molecular weight excluding hydrogens is 462 g/mol. The Morgan fingerprint density at radius 1 is 1.00 bits per heavy atom. The van der Waals surface area contributed by atoms with Crippen molar-refractivity contribution in [2.75, 3.05) is 13.2 Å². The van der Waals surface area contributed by atoms with E-state index in [4.69, 9.17) is 9.47 Å². The summed E-state index contributed by atoms with van der Waals surface area (Å²) in [6.07, 6.45) is -6.19. The molecule has 34 heavy (non-hydrogen) atoms. The van der Waals surface area contributed by atoms with Crippen LogP contribution in [0.15, 0.2) is 59.0 Å². The summed E-state index contributed by atoms with van der Waals surface area (Å²) in [5, 5.41) is 0. The summed E-state index contributed by atoms with van der Waals surface area (Å²) >= 11 is 0. The molecule has 2 unspecified atom stereocenters. The van der Waals surface area contributed by atoms with Crippen molar-refractivity contribution >= 4 is 11.9 Å². The van der Waals surface area contributed by atoms with Crippen molar-refractivity contribution in [1.29, 1.82) is 0 Å². The molecule has 0 amide bonds. The Labute approximate surface area is 191 Å². The van der Waals surface area contributed by atoms with E-state index >= 15 is 0 Å². The number of rotatable bonds is 10. The van der Waals surface area contributed by atoms with Gasteiger partial charge in [-0.2, -0.15) is 26.3 Å². The molecule has 0 aromatic heterocycles. The molecule has 0 saturated heterocycles. The Morgan fingerprint density at radius 2 is 1.65 bits per heavy atom. The number of hydrogen-bond acceptors (Lipinski definition) is 4. The molecule has 2 aliphatic rings. The fourth-order valence-corrected chi connectivity index (χ4v) is 3.54. The number of aliphatic imine (C=N–C) groups is 2. The molecule has 0 radical (unpaired) electrons. The monoisotopic (exact) mass is 482 g/mol. The second kappa shape index (κ2) is 9.15. The lowest BCUT2D eigenvalue weighted by Gasteiger charge is -2.20. The summed E-state index contributed by atoms with van der Waals surface area (Å²) in [6, 6.07) is 6.83. The van der Waals surface area contributed by atoms with E-state index in [0.29, 0.717) is 12.1 Å². The van der Waals surface area contributed by atoms with Crippen molar-refractivity contribution in [2.45, 2.75) is 37.3 Å². The summed E-state index contributed by atoms with van der Waals surface area (Å²) in [4.78, 5) is 7.64.